The number of anilines is 1. The Morgan fingerprint density at radius 3 is 2.53 bits per heavy atom. The second kappa shape index (κ2) is 10.5. The molecule has 3 amide bonds. The molecule has 1 aromatic carbocycles. The van der Waals surface area contributed by atoms with Crippen LogP contribution in [-0.2, 0) is 9.53 Å². The Labute approximate surface area is 202 Å². The van der Waals surface area contributed by atoms with E-state index in [4.69, 9.17) is 22.1 Å². The zero-order chi connectivity index (χ0) is 25.0. The number of aromatic nitrogens is 2. The smallest absolute Gasteiger partial charge is 0.272 e. The third-order valence-electron chi connectivity index (χ3n) is 6.12. The van der Waals surface area contributed by atoms with Crippen LogP contribution in [0.2, 0.25) is 5.02 Å². The number of methoxy groups -OCH3 is 1. The van der Waals surface area contributed by atoms with Crippen molar-refractivity contribution in [2.24, 2.45) is 11.7 Å². The predicted molar refractivity (Wildman–Crippen MR) is 125 cm³/mol. The first-order chi connectivity index (χ1) is 16.0. The number of rotatable bonds is 8. The maximum atomic E-state index is 13.2. The minimum atomic E-state index is -0.750. The summed E-state index contributed by atoms with van der Waals surface area (Å²) >= 11 is 6.00. The van der Waals surface area contributed by atoms with Crippen LogP contribution in [-0.4, -0.2) is 46.5 Å². The average molecular weight is 494 g/mol. The van der Waals surface area contributed by atoms with Crippen molar-refractivity contribution in [1.29, 1.82) is 0 Å². The summed E-state index contributed by atoms with van der Waals surface area (Å²) in [7, 11) is 1.54. The first-order valence-corrected chi connectivity index (χ1v) is 11.4. The van der Waals surface area contributed by atoms with Crippen LogP contribution in [0.25, 0.3) is 0 Å². The summed E-state index contributed by atoms with van der Waals surface area (Å²) in [6, 6.07) is 3.66. The summed E-state index contributed by atoms with van der Waals surface area (Å²) in [6.45, 7) is 3.87. The molecule has 0 bridgehead atoms. The van der Waals surface area contributed by atoms with Crippen LogP contribution in [0, 0.1) is 11.7 Å². The van der Waals surface area contributed by atoms with E-state index in [-0.39, 0.29) is 40.8 Å². The largest absolute Gasteiger partial charge is 0.377 e. The fraction of sp³-hybridized carbons (Fsp3) is 0.478. The number of nitrogens with two attached hydrogens (primary N) is 1. The number of hydrogen-bond donors (Lipinski definition) is 3. The molecule has 9 nitrogen and oxygen atoms in total. The fourth-order valence-electron chi connectivity index (χ4n) is 3.94. The molecule has 184 valence electrons. The van der Waals surface area contributed by atoms with Gasteiger partial charge in [0.25, 0.3) is 11.8 Å². The van der Waals surface area contributed by atoms with Crippen LogP contribution in [0.3, 0.4) is 0 Å². The summed E-state index contributed by atoms with van der Waals surface area (Å²) < 4.78 is 20.1. The van der Waals surface area contributed by atoms with Crippen molar-refractivity contribution < 1.29 is 23.5 Å². The van der Waals surface area contributed by atoms with E-state index in [0.717, 1.165) is 6.07 Å². The highest BCUT2D eigenvalue weighted by Crippen LogP contribution is 2.34. The van der Waals surface area contributed by atoms with Crippen molar-refractivity contribution >= 4 is 35.0 Å². The number of primary amides is 1. The Hall–Kier alpha value is -2.98. The van der Waals surface area contributed by atoms with Gasteiger partial charge in [0.2, 0.25) is 5.91 Å². The van der Waals surface area contributed by atoms with E-state index in [2.05, 4.69) is 15.6 Å². The van der Waals surface area contributed by atoms with Crippen molar-refractivity contribution in [2.45, 2.75) is 51.2 Å². The molecular formula is C23H29ClFN5O4. The van der Waals surface area contributed by atoms with Gasteiger partial charge in [0.1, 0.15) is 11.5 Å². The van der Waals surface area contributed by atoms with Crippen LogP contribution >= 0.6 is 11.6 Å². The van der Waals surface area contributed by atoms with Gasteiger partial charge in [-0.25, -0.2) is 9.37 Å². The highest BCUT2D eigenvalue weighted by molar-refractivity contribution is 6.33. The maximum Gasteiger partial charge on any atom is 0.272 e. The summed E-state index contributed by atoms with van der Waals surface area (Å²) in [5.41, 5.74) is 5.37. The summed E-state index contributed by atoms with van der Waals surface area (Å²) in [6.07, 6.45) is 3.72. The number of imidazole rings is 1. The molecule has 0 saturated heterocycles. The first-order valence-electron chi connectivity index (χ1n) is 11.0. The van der Waals surface area contributed by atoms with Crippen LogP contribution in [0.15, 0.2) is 24.5 Å². The lowest BCUT2D eigenvalue weighted by Crippen LogP contribution is -2.40. The molecule has 0 radical (unpaired) electrons. The normalized spacial score (nSPS) is 18.4. The molecule has 1 aromatic heterocycles. The summed E-state index contributed by atoms with van der Waals surface area (Å²) in [5, 5.41) is 5.60. The number of halogens is 2. The van der Waals surface area contributed by atoms with Gasteiger partial charge in [0.15, 0.2) is 5.69 Å². The van der Waals surface area contributed by atoms with Gasteiger partial charge in [-0.3, -0.25) is 14.4 Å². The predicted octanol–water partition coefficient (Wildman–Crippen LogP) is 3.30. The van der Waals surface area contributed by atoms with Gasteiger partial charge in [0.05, 0.1) is 22.6 Å². The van der Waals surface area contributed by atoms with Crippen molar-refractivity contribution in [3.8, 4) is 0 Å². The third-order valence-corrected chi connectivity index (χ3v) is 6.43. The SMILES string of the molecule is COC(C)(C)CNC(=O)c1ncn(C2CCC(C(=O)Nc3ccc(F)cc3Cl)CC2)c1C(N)=O. The Bertz CT molecular complexity index is 1080. The van der Waals surface area contributed by atoms with E-state index in [9.17, 15) is 18.8 Å². The molecule has 0 aliphatic heterocycles. The Morgan fingerprint density at radius 2 is 1.94 bits per heavy atom. The van der Waals surface area contributed by atoms with Crippen molar-refractivity contribution in [1.82, 2.24) is 14.9 Å². The molecule has 1 saturated carbocycles. The van der Waals surface area contributed by atoms with E-state index in [1.165, 1.54) is 18.5 Å². The average Bonchev–Trinajstić information content (AvgIpc) is 3.25. The molecule has 1 aliphatic rings. The molecule has 2 aromatic rings. The summed E-state index contributed by atoms with van der Waals surface area (Å²) in [5.74, 6) is -2.21. The van der Waals surface area contributed by atoms with Crippen LogP contribution in [0.1, 0.15) is 66.5 Å². The van der Waals surface area contributed by atoms with Crippen LogP contribution < -0.4 is 16.4 Å². The van der Waals surface area contributed by atoms with Gasteiger partial charge >= 0.3 is 0 Å². The molecule has 4 N–H and O–H groups in total. The Kier molecular flexibility index (Phi) is 7.93. The third kappa shape index (κ3) is 5.92. The molecule has 0 unspecified atom stereocenters. The van der Waals surface area contributed by atoms with E-state index >= 15 is 0 Å². The molecule has 1 fully saturated rings. The maximum absolute atomic E-state index is 13.2. The molecule has 1 aliphatic carbocycles. The number of carbonyl (C=O) groups is 3. The fourth-order valence-corrected chi connectivity index (χ4v) is 4.15. The quantitative estimate of drug-likeness (QED) is 0.519. The lowest BCUT2D eigenvalue weighted by molar-refractivity contribution is -0.121. The van der Waals surface area contributed by atoms with E-state index in [1.54, 1.807) is 11.7 Å². The Balaban J connectivity index is 1.66. The van der Waals surface area contributed by atoms with E-state index < -0.39 is 23.2 Å². The number of hydrogen-bond acceptors (Lipinski definition) is 5. The van der Waals surface area contributed by atoms with Crippen molar-refractivity contribution in [3.05, 3.63) is 46.8 Å². The van der Waals surface area contributed by atoms with E-state index in [1.807, 2.05) is 13.8 Å². The number of carbonyl (C=O) groups excluding carboxylic acids is 3. The highest BCUT2D eigenvalue weighted by Gasteiger charge is 2.32. The molecule has 3 rings (SSSR count). The lowest BCUT2D eigenvalue weighted by atomic mass is 9.85. The van der Waals surface area contributed by atoms with Crippen LogP contribution in [0.5, 0.6) is 0 Å². The summed E-state index contributed by atoms with van der Waals surface area (Å²) in [4.78, 5) is 41.7. The first kappa shape index (κ1) is 25.6. The number of ether oxygens (including phenoxy) is 1. The van der Waals surface area contributed by atoms with E-state index in [0.29, 0.717) is 31.4 Å². The monoisotopic (exact) mass is 493 g/mol. The number of nitrogens with zero attached hydrogens (tertiary/aromatic N) is 2. The second-order valence-corrected chi connectivity index (χ2v) is 9.39. The molecule has 0 spiro atoms. The molecule has 34 heavy (non-hydrogen) atoms. The number of amides is 3. The minimum absolute atomic E-state index is 0.0368. The van der Waals surface area contributed by atoms with Crippen molar-refractivity contribution in [2.75, 3.05) is 19.0 Å². The van der Waals surface area contributed by atoms with Gasteiger partial charge in [0, 0.05) is 25.6 Å². The minimum Gasteiger partial charge on any atom is -0.377 e. The van der Waals surface area contributed by atoms with Gasteiger partial charge < -0.3 is 25.7 Å². The second-order valence-electron chi connectivity index (χ2n) is 8.98. The molecule has 1 heterocycles. The number of benzene rings is 1. The van der Waals surface area contributed by atoms with Gasteiger partial charge in [-0.2, -0.15) is 0 Å². The van der Waals surface area contributed by atoms with Gasteiger partial charge in [-0.1, -0.05) is 11.6 Å². The van der Waals surface area contributed by atoms with Crippen molar-refractivity contribution in [3.63, 3.8) is 0 Å². The standard InChI is InChI=1S/C23H29ClFN5O4/c1-23(2,34-3)11-27-22(33)18-19(20(26)31)30(12-28-18)15-7-4-13(5-8-15)21(32)29-17-9-6-14(25)10-16(17)24/h6,9-10,12-13,15H,4-5,7-8,11H2,1-3H3,(H2,26,31)(H,27,33)(H,29,32). The van der Waals surface area contributed by atoms with Gasteiger partial charge in [-0.15, -0.1) is 0 Å². The number of nitrogens with one attached hydrogen (secondary N) is 2. The molecule has 11 heteroatoms. The molecule has 0 atom stereocenters. The highest BCUT2D eigenvalue weighted by atomic mass is 35.5. The zero-order valence-corrected chi connectivity index (χ0v) is 20.1. The zero-order valence-electron chi connectivity index (χ0n) is 19.4. The lowest BCUT2D eigenvalue weighted by Gasteiger charge is -2.29. The topological polar surface area (TPSA) is 128 Å². The molecular weight excluding hydrogens is 465 g/mol. The Morgan fingerprint density at radius 1 is 1.26 bits per heavy atom. The van der Waals surface area contributed by atoms with Gasteiger partial charge in [-0.05, 0) is 57.7 Å². The van der Waals surface area contributed by atoms with Crippen LogP contribution in [0.4, 0.5) is 10.1 Å².